The van der Waals surface area contributed by atoms with Crippen LogP contribution in [-0.4, -0.2) is 33.3 Å². The van der Waals surface area contributed by atoms with Gasteiger partial charge in [-0.05, 0) is 34.4 Å². The van der Waals surface area contributed by atoms with Gasteiger partial charge < -0.3 is 0 Å². The number of benzene rings is 4. The SMILES string of the molecule is CC(=O)N1N=C(/C=C/c2ccccc2)C[C@@H]1c1ccccc1.CC(=O)N1N=C(/C=C/c2ccccc2)C[C@H]1c1ccccc1. The molecule has 44 heavy (non-hydrogen) atoms. The highest BCUT2D eigenvalue weighted by molar-refractivity contribution is 6.01. The van der Waals surface area contributed by atoms with Crippen molar-refractivity contribution in [2.45, 2.75) is 38.8 Å². The predicted molar refractivity (Wildman–Crippen MR) is 178 cm³/mol. The van der Waals surface area contributed by atoms with E-state index in [2.05, 4.69) is 10.2 Å². The summed E-state index contributed by atoms with van der Waals surface area (Å²) in [5, 5.41) is 12.1. The van der Waals surface area contributed by atoms with Gasteiger partial charge in [0.15, 0.2) is 0 Å². The van der Waals surface area contributed by atoms with Crippen LogP contribution >= 0.6 is 0 Å². The predicted octanol–water partition coefficient (Wildman–Crippen LogP) is 8.10. The van der Waals surface area contributed by atoms with Gasteiger partial charge in [-0.3, -0.25) is 9.59 Å². The van der Waals surface area contributed by atoms with Gasteiger partial charge in [-0.2, -0.15) is 10.2 Å². The second kappa shape index (κ2) is 14.7. The fourth-order valence-electron chi connectivity index (χ4n) is 5.23. The van der Waals surface area contributed by atoms with E-state index in [1.54, 1.807) is 23.9 Å². The average molecular weight is 581 g/mol. The second-order valence-electron chi connectivity index (χ2n) is 10.7. The number of amides is 2. The van der Waals surface area contributed by atoms with Crippen molar-refractivity contribution >= 4 is 35.4 Å². The molecule has 0 spiro atoms. The number of hydrogen-bond donors (Lipinski definition) is 0. The summed E-state index contributed by atoms with van der Waals surface area (Å²) in [5.74, 6) is -0.0612. The van der Waals surface area contributed by atoms with Gasteiger partial charge in [0.05, 0.1) is 23.5 Å². The average Bonchev–Trinajstić information content (AvgIpc) is 3.71. The molecule has 6 rings (SSSR count). The highest BCUT2D eigenvalue weighted by Gasteiger charge is 2.30. The van der Waals surface area contributed by atoms with Crippen molar-refractivity contribution < 1.29 is 9.59 Å². The first-order valence-electron chi connectivity index (χ1n) is 14.8. The zero-order valence-electron chi connectivity index (χ0n) is 25.0. The molecule has 6 heteroatoms. The van der Waals surface area contributed by atoms with Gasteiger partial charge in [0.25, 0.3) is 0 Å². The monoisotopic (exact) mass is 580 g/mol. The van der Waals surface area contributed by atoms with E-state index >= 15 is 0 Å². The molecule has 4 aromatic rings. The minimum Gasteiger partial charge on any atom is -0.273 e. The van der Waals surface area contributed by atoms with Crippen LogP contribution in [0.25, 0.3) is 12.2 Å². The number of carbonyl (C=O) groups is 2. The molecule has 0 saturated carbocycles. The number of allylic oxidation sites excluding steroid dienone is 2. The summed E-state index contributed by atoms with van der Waals surface area (Å²) in [5.41, 5.74) is 6.33. The maximum absolute atomic E-state index is 11.8. The van der Waals surface area contributed by atoms with Crippen molar-refractivity contribution in [3.05, 3.63) is 156 Å². The van der Waals surface area contributed by atoms with Crippen molar-refractivity contribution in [3.8, 4) is 0 Å². The Balaban J connectivity index is 0.000000175. The summed E-state index contributed by atoms with van der Waals surface area (Å²) >= 11 is 0. The third-order valence-corrected chi connectivity index (χ3v) is 7.42. The molecule has 2 atom stereocenters. The molecule has 4 aromatic carbocycles. The molecule has 0 unspecified atom stereocenters. The van der Waals surface area contributed by atoms with E-state index in [0.29, 0.717) is 0 Å². The molecule has 2 heterocycles. The van der Waals surface area contributed by atoms with Crippen LogP contribution in [0.1, 0.15) is 61.0 Å². The van der Waals surface area contributed by atoms with Gasteiger partial charge in [-0.15, -0.1) is 0 Å². The van der Waals surface area contributed by atoms with Crippen molar-refractivity contribution in [3.63, 3.8) is 0 Å². The third kappa shape index (κ3) is 7.92. The third-order valence-electron chi connectivity index (χ3n) is 7.42. The molecule has 0 N–H and O–H groups in total. The Labute approximate surface area is 259 Å². The van der Waals surface area contributed by atoms with E-state index in [-0.39, 0.29) is 23.9 Å². The zero-order chi connectivity index (χ0) is 30.7. The first-order chi connectivity index (χ1) is 21.5. The topological polar surface area (TPSA) is 65.3 Å². The van der Waals surface area contributed by atoms with Gasteiger partial charge in [0.1, 0.15) is 0 Å². The fourth-order valence-corrected chi connectivity index (χ4v) is 5.23. The molecule has 0 saturated heterocycles. The van der Waals surface area contributed by atoms with E-state index in [4.69, 9.17) is 0 Å². The summed E-state index contributed by atoms with van der Waals surface area (Å²) in [7, 11) is 0. The highest BCUT2D eigenvalue weighted by atomic mass is 16.2. The van der Waals surface area contributed by atoms with Crippen LogP contribution in [0.5, 0.6) is 0 Å². The molecule has 2 amide bonds. The summed E-state index contributed by atoms with van der Waals surface area (Å²) in [6, 6.07) is 40.3. The van der Waals surface area contributed by atoms with E-state index < -0.39 is 0 Å². The summed E-state index contributed by atoms with van der Waals surface area (Å²) in [6.45, 7) is 3.12. The van der Waals surface area contributed by atoms with Crippen molar-refractivity contribution in [1.82, 2.24) is 10.0 Å². The minimum atomic E-state index is -0.0306. The van der Waals surface area contributed by atoms with Gasteiger partial charge in [0.2, 0.25) is 11.8 Å². The molecule has 2 aliphatic heterocycles. The zero-order valence-corrected chi connectivity index (χ0v) is 25.0. The number of nitrogens with zero attached hydrogens (tertiary/aromatic N) is 4. The largest absolute Gasteiger partial charge is 0.273 e. The Hall–Kier alpha value is -5.36. The van der Waals surface area contributed by atoms with Crippen molar-refractivity contribution in [1.29, 1.82) is 0 Å². The Morgan fingerprint density at radius 3 is 1.16 bits per heavy atom. The Bertz CT molecular complexity index is 1540. The van der Waals surface area contributed by atoms with Crippen molar-refractivity contribution in [2.75, 3.05) is 0 Å². The lowest BCUT2D eigenvalue weighted by Crippen LogP contribution is -2.24. The second-order valence-corrected chi connectivity index (χ2v) is 10.7. The van der Waals surface area contributed by atoms with Gasteiger partial charge in [-0.25, -0.2) is 10.0 Å². The minimum absolute atomic E-state index is 0.00544. The van der Waals surface area contributed by atoms with Gasteiger partial charge in [0, 0.05) is 26.7 Å². The molecular formula is C38H36N4O2. The maximum Gasteiger partial charge on any atom is 0.240 e. The van der Waals surface area contributed by atoms with E-state index in [9.17, 15) is 9.59 Å². The number of carbonyl (C=O) groups excluding carboxylic acids is 2. The molecule has 0 aliphatic carbocycles. The summed E-state index contributed by atoms with van der Waals surface area (Å²) in [6.07, 6.45) is 9.54. The van der Waals surface area contributed by atoms with Crippen LogP contribution in [0.3, 0.4) is 0 Å². The fraction of sp³-hybridized carbons (Fsp3) is 0.158. The normalized spacial score (nSPS) is 17.8. The molecule has 0 fully saturated rings. The molecule has 2 aliphatic rings. The molecular weight excluding hydrogens is 544 g/mol. The quantitative estimate of drug-likeness (QED) is 0.231. The van der Waals surface area contributed by atoms with Crippen LogP contribution in [0, 0.1) is 0 Å². The van der Waals surface area contributed by atoms with Gasteiger partial charge >= 0.3 is 0 Å². The Morgan fingerprint density at radius 1 is 0.523 bits per heavy atom. The Morgan fingerprint density at radius 2 is 0.841 bits per heavy atom. The lowest BCUT2D eigenvalue weighted by atomic mass is 10.0. The Kier molecular flexibility index (Phi) is 10.1. The lowest BCUT2D eigenvalue weighted by Gasteiger charge is -2.20. The highest BCUT2D eigenvalue weighted by Crippen LogP contribution is 2.32. The summed E-state index contributed by atoms with van der Waals surface area (Å²) < 4.78 is 0. The first kappa shape index (κ1) is 30.1. The molecule has 220 valence electrons. The standard InChI is InChI=1S/2C19H18N2O/c2*1-15(22)21-19(17-10-6-3-7-11-17)14-18(20-21)13-12-16-8-4-2-5-9-16/h2*2-13,19H,14H2,1H3/b2*13-12+/t2*19-/m10/s1. The van der Waals surface area contributed by atoms with Gasteiger partial charge in [-0.1, -0.05) is 133 Å². The molecule has 0 radical (unpaired) electrons. The molecule has 0 aromatic heterocycles. The molecule has 6 nitrogen and oxygen atoms in total. The smallest absolute Gasteiger partial charge is 0.240 e. The lowest BCUT2D eigenvalue weighted by molar-refractivity contribution is -0.131. The van der Waals surface area contributed by atoms with E-state index in [1.165, 1.54) is 0 Å². The number of rotatable bonds is 6. The van der Waals surface area contributed by atoms with E-state index in [1.807, 2.05) is 146 Å². The maximum atomic E-state index is 11.8. The van der Waals surface area contributed by atoms with E-state index in [0.717, 1.165) is 46.5 Å². The number of hydrogen-bond acceptors (Lipinski definition) is 4. The number of hydrazone groups is 2. The first-order valence-corrected chi connectivity index (χ1v) is 14.8. The van der Waals surface area contributed by atoms with Crippen LogP contribution in [0.15, 0.2) is 144 Å². The molecule has 0 bridgehead atoms. The van der Waals surface area contributed by atoms with Crippen LogP contribution in [0.4, 0.5) is 0 Å². The van der Waals surface area contributed by atoms with Crippen LogP contribution in [-0.2, 0) is 9.59 Å². The van der Waals surface area contributed by atoms with Crippen LogP contribution < -0.4 is 0 Å². The van der Waals surface area contributed by atoms with Crippen LogP contribution in [0.2, 0.25) is 0 Å². The summed E-state index contributed by atoms with van der Waals surface area (Å²) in [4.78, 5) is 23.7. The van der Waals surface area contributed by atoms with Crippen molar-refractivity contribution in [2.24, 2.45) is 10.2 Å².